The summed E-state index contributed by atoms with van der Waals surface area (Å²) in [7, 11) is 0. The Morgan fingerprint density at radius 2 is 2.00 bits per heavy atom. The number of rotatable bonds is 4. The summed E-state index contributed by atoms with van der Waals surface area (Å²) in [5.41, 5.74) is 3.24. The van der Waals surface area contributed by atoms with Crippen molar-refractivity contribution in [3.05, 3.63) is 41.5 Å². The number of nitrogens with zero attached hydrogens (tertiary/aromatic N) is 3. The normalized spacial score (nSPS) is 10.9. The van der Waals surface area contributed by atoms with Crippen molar-refractivity contribution in [1.82, 2.24) is 14.5 Å². The van der Waals surface area contributed by atoms with E-state index in [0.29, 0.717) is 6.04 Å². The van der Waals surface area contributed by atoms with Gasteiger partial charge in [0.05, 0.1) is 5.69 Å². The Morgan fingerprint density at radius 3 is 2.61 bits per heavy atom. The highest BCUT2D eigenvalue weighted by Crippen LogP contribution is 2.16. The molecule has 2 heterocycles. The van der Waals surface area contributed by atoms with Gasteiger partial charge in [-0.3, -0.25) is 4.98 Å². The van der Waals surface area contributed by atoms with Crippen LogP contribution in [0, 0.1) is 13.8 Å². The van der Waals surface area contributed by atoms with Crippen LogP contribution in [0.1, 0.15) is 36.8 Å². The van der Waals surface area contributed by atoms with Gasteiger partial charge in [0, 0.05) is 30.7 Å². The van der Waals surface area contributed by atoms with Crippen molar-refractivity contribution in [2.75, 3.05) is 5.32 Å². The van der Waals surface area contributed by atoms with Crippen LogP contribution in [0.25, 0.3) is 0 Å². The second-order valence-electron chi connectivity index (χ2n) is 4.87. The molecule has 18 heavy (non-hydrogen) atoms. The summed E-state index contributed by atoms with van der Waals surface area (Å²) >= 11 is 0. The molecular formula is C14H20N4. The monoisotopic (exact) mass is 244 g/mol. The van der Waals surface area contributed by atoms with Crippen LogP contribution < -0.4 is 5.32 Å². The van der Waals surface area contributed by atoms with Crippen molar-refractivity contribution in [2.45, 2.75) is 40.3 Å². The van der Waals surface area contributed by atoms with Gasteiger partial charge in [-0.1, -0.05) is 6.07 Å². The van der Waals surface area contributed by atoms with E-state index in [1.807, 2.05) is 26.1 Å². The predicted octanol–water partition coefficient (Wildman–Crippen LogP) is 3.09. The van der Waals surface area contributed by atoms with E-state index in [4.69, 9.17) is 0 Å². The first-order valence-corrected chi connectivity index (χ1v) is 6.27. The zero-order chi connectivity index (χ0) is 13.1. The van der Waals surface area contributed by atoms with Crippen molar-refractivity contribution in [1.29, 1.82) is 0 Å². The maximum Gasteiger partial charge on any atom is 0.203 e. The van der Waals surface area contributed by atoms with Crippen molar-refractivity contribution in [3.63, 3.8) is 0 Å². The van der Waals surface area contributed by atoms with Gasteiger partial charge in [-0.2, -0.15) is 0 Å². The summed E-state index contributed by atoms with van der Waals surface area (Å²) in [6.45, 7) is 9.06. The van der Waals surface area contributed by atoms with Gasteiger partial charge in [0.15, 0.2) is 0 Å². The first-order chi connectivity index (χ1) is 8.56. The number of hydrogen-bond acceptors (Lipinski definition) is 3. The minimum Gasteiger partial charge on any atom is -0.352 e. The van der Waals surface area contributed by atoms with Gasteiger partial charge in [0.25, 0.3) is 0 Å². The fourth-order valence-corrected chi connectivity index (χ4v) is 1.82. The zero-order valence-corrected chi connectivity index (χ0v) is 11.4. The lowest BCUT2D eigenvalue weighted by atomic mass is 10.2. The van der Waals surface area contributed by atoms with Crippen molar-refractivity contribution in [3.8, 4) is 0 Å². The number of aromatic nitrogens is 3. The Bertz CT molecular complexity index is 511. The van der Waals surface area contributed by atoms with Crippen LogP contribution in [0.5, 0.6) is 0 Å². The molecule has 96 valence electrons. The van der Waals surface area contributed by atoms with E-state index in [0.717, 1.165) is 29.4 Å². The van der Waals surface area contributed by atoms with E-state index in [1.54, 1.807) is 0 Å². The highest BCUT2D eigenvalue weighted by Gasteiger charge is 2.07. The molecule has 2 aromatic rings. The molecular weight excluding hydrogens is 224 g/mol. The minimum absolute atomic E-state index is 0.407. The molecule has 2 aromatic heterocycles. The summed E-state index contributed by atoms with van der Waals surface area (Å²) in [5, 5.41) is 3.36. The maximum atomic E-state index is 4.50. The molecule has 0 amide bonds. The average Bonchev–Trinajstić information content (AvgIpc) is 2.70. The van der Waals surface area contributed by atoms with E-state index >= 15 is 0 Å². The van der Waals surface area contributed by atoms with Crippen LogP contribution >= 0.6 is 0 Å². The molecule has 2 rings (SSSR count). The molecule has 0 fully saturated rings. The number of pyridine rings is 1. The molecule has 0 aliphatic rings. The molecule has 0 saturated carbocycles. The predicted molar refractivity (Wildman–Crippen MR) is 73.6 cm³/mol. The van der Waals surface area contributed by atoms with E-state index in [2.05, 4.69) is 46.0 Å². The third-order valence-corrected chi connectivity index (χ3v) is 2.83. The molecule has 0 aliphatic carbocycles. The van der Waals surface area contributed by atoms with Crippen LogP contribution in [0.4, 0.5) is 5.95 Å². The fraction of sp³-hybridized carbons (Fsp3) is 0.429. The molecule has 0 bridgehead atoms. The molecule has 4 heteroatoms. The van der Waals surface area contributed by atoms with Crippen LogP contribution in [0.2, 0.25) is 0 Å². The minimum atomic E-state index is 0.407. The Morgan fingerprint density at radius 1 is 1.22 bits per heavy atom. The molecule has 1 N–H and O–H groups in total. The number of nitrogens with one attached hydrogen (secondary N) is 1. The smallest absolute Gasteiger partial charge is 0.203 e. The quantitative estimate of drug-likeness (QED) is 0.898. The van der Waals surface area contributed by atoms with Crippen LogP contribution in [0.15, 0.2) is 24.5 Å². The first kappa shape index (κ1) is 12.6. The Balaban J connectivity index is 2.08. The van der Waals surface area contributed by atoms with Gasteiger partial charge >= 0.3 is 0 Å². The van der Waals surface area contributed by atoms with Gasteiger partial charge in [-0.25, -0.2) is 4.98 Å². The lowest BCUT2D eigenvalue weighted by molar-refractivity contribution is 0.604. The fourth-order valence-electron chi connectivity index (χ4n) is 1.82. The summed E-state index contributed by atoms with van der Waals surface area (Å²) < 4.78 is 2.15. The highest BCUT2D eigenvalue weighted by atomic mass is 15.2. The van der Waals surface area contributed by atoms with Gasteiger partial charge in [-0.05, 0) is 39.3 Å². The van der Waals surface area contributed by atoms with E-state index in [1.165, 1.54) is 0 Å². The standard InChI is InChI=1S/C14H20N4/c1-10(2)18-9-12(4)17-14(18)16-8-13-6-5-11(3)15-7-13/h5-7,9-10H,8H2,1-4H3,(H,16,17). The van der Waals surface area contributed by atoms with Crippen molar-refractivity contribution >= 4 is 5.95 Å². The maximum absolute atomic E-state index is 4.50. The summed E-state index contributed by atoms with van der Waals surface area (Å²) in [5.74, 6) is 0.920. The van der Waals surface area contributed by atoms with Crippen LogP contribution in [-0.2, 0) is 6.54 Å². The molecule has 0 saturated heterocycles. The SMILES string of the molecule is Cc1ccc(CNc2nc(C)cn2C(C)C)cn1. The van der Waals surface area contributed by atoms with Gasteiger partial charge in [0.1, 0.15) is 0 Å². The second-order valence-corrected chi connectivity index (χ2v) is 4.87. The Kier molecular flexibility index (Phi) is 3.65. The van der Waals surface area contributed by atoms with E-state index in [-0.39, 0.29) is 0 Å². The Labute approximate surface area is 108 Å². The summed E-state index contributed by atoms with van der Waals surface area (Å²) in [6.07, 6.45) is 3.97. The second kappa shape index (κ2) is 5.21. The third kappa shape index (κ3) is 2.88. The number of hydrogen-bond donors (Lipinski definition) is 1. The summed E-state index contributed by atoms with van der Waals surface area (Å²) in [4.78, 5) is 8.78. The molecule has 0 spiro atoms. The summed E-state index contributed by atoms with van der Waals surface area (Å²) in [6, 6.07) is 4.52. The number of anilines is 1. The van der Waals surface area contributed by atoms with Crippen molar-refractivity contribution in [2.24, 2.45) is 0 Å². The number of aryl methyl sites for hydroxylation is 2. The molecule has 4 nitrogen and oxygen atoms in total. The lowest BCUT2D eigenvalue weighted by Gasteiger charge is -2.12. The van der Waals surface area contributed by atoms with Gasteiger partial charge < -0.3 is 9.88 Å². The molecule has 0 atom stereocenters. The third-order valence-electron chi connectivity index (χ3n) is 2.83. The topological polar surface area (TPSA) is 42.7 Å². The van der Waals surface area contributed by atoms with Crippen LogP contribution in [0.3, 0.4) is 0 Å². The average molecular weight is 244 g/mol. The number of imidazole rings is 1. The van der Waals surface area contributed by atoms with Crippen molar-refractivity contribution < 1.29 is 0 Å². The van der Waals surface area contributed by atoms with Gasteiger partial charge in [-0.15, -0.1) is 0 Å². The largest absolute Gasteiger partial charge is 0.352 e. The molecule has 0 unspecified atom stereocenters. The van der Waals surface area contributed by atoms with Crippen LogP contribution in [-0.4, -0.2) is 14.5 Å². The zero-order valence-electron chi connectivity index (χ0n) is 11.4. The van der Waals surface area contributed by atoms with Gasteiger partial charge in [0.2, 0.25) is 5.95 Å². The van der Waals surface area contributed by atoms with E-state index in [9.17, 15) is 0 Å². The highest BCUT2D eigenvalue weighted by molar-refractivity contribution is 5.31. The molecule has 0 radical (unpaired) electrons. The molecule has 0 aliphatic heterocycles. The first-order valence-electron chi connectivity index (χ1n) is 6.27. The lowest BCUT2D eigenvalue weighted by Crippen LogP contribution is -2.09. The Hall–Kier alpha value is -1.84. The molecule has 0 aromatic carbocycles. The van der Waals surface area contributed by atoms with E-state index < -0.39 is 0 Å².